The summed E-state index contributed by atoms with van der Waals surface area (Å²) < 4.78 is 0. The first kappa shape index (κ1) is 15.9. The Morgan fingerprint density at radius 1 is 1.12 bits per heavy atom. The number of rotatable bonds is 2. The molecule has 0 aromatic heterocycles. The van der Waals surface area contributed by atoms with Crippen LogP contribution in [0.3, 0.4) is 0 Å². The summed E-state index contributed by atoms with van der Waals surface area (Å²) in [6.07, 6.45) is 0.602. The first-order valence-electron chi connectivity index (χ1n) is 5.59. The van der Waals surface area contributed by atoms with Crippen LogP contribution in [0.2, 0.25) is 0 Å². The van der Waals surface area contributed by atoms with Crippen molar-refractivity contribution < 1.29 is 21.9 Å². The Hall–Kier alpha value is -1.11. The van der Waals surface area contributed by atoms with Gasteiger partial charge in [0.25, 0.3) is 0 Å². The Bertz CT molecular complexity index is 423. The van der Waals surface area contributed by atoms with E-state index in [-0.39, 0.29) is 22.9 Å². The topological polar surface area (TPSA) is 17.1 Å². The quantitative estimate of drug-likeness (QED) is 0.457. The number of Topliss-reactive ketones (excluding diaryl/α,β-unsaturated/α-hetero) is 1. The van der Waals surface area contributed by atoms with E-state index in [4.69, 9.17) is 0 Å². The zero-order chi connectivity index (χ0) is 12.0. The molecule has 0 fully saturated rings. The van der Waals surface area contributed by atoms with Crippen molar-refractivity contribution in [3.63, 3.8) is 0 Å². The molecule has 2 aromatic carbocycles. The Labute approximate surface area is 114 Å². The fourth-order valence-corrected chi connectivity index (χ4v) is 1.48. The molecular formula is C15H18FeO. The van der Waals surface area contributed by atoms with Gasteiger partial charge in [-0.25, -0.2) is 12.1 Å². The summed E-state index contributed by atoms with van der Waals surface area (Å²) >= 11 is 0. The molecule has 0 saturated carbocycles. The van der Waals surface area contributed by atoms with Gasteiger partial charge in [-0.2, -0.15) is 35.9 Å². The third-order valence-electron chi connectivity index (χ3n) is 2.48. The smallest absolute Gasteiger partial charge is 0.352 e. The van der Waals surface area contributed by atoms with E-state index in [0.717, 1.165) is 11.1 Å². The molecule has 0 aliphatic heterocycles. The van der Waals surface area contributed by atoms with Crippen molar-refractivity contribution in [2.75, 3.05) is 0 Å². The third kappa shape index (κ3) is 5.16. The van der Waals surface area contributed by atoms with Gasteiger partial charge in [-0.05, 0) is 6.42 Å². The first-order valence-corrected chi connectivity index (χ1v) is 5.59. The second-order valence-electron chi connectivity index (χ2n) is 3.86. The van der Waals surface area contributed by atoms with Crippen molar-refractivity contribution in [3.8, 4) is 0 Å². The average Bonchev–Trinajstić information content (AvgIpc) is 2.89. The van der Waals surface area contributed by atoms with E-state index in [2.05, 4.69) is 19.1 Å². The van der Waals surface area contributed by atoms with Crippen LogP contribution in [0.25, 0.3) is 0 Å². The fraction of sp³-hybridized carbons (Fsp3) is 0.267. The standard InChI is InChI=1S/C9H11O.C6H7.Fe/c1-3-9(10)8-6-4-5-7(8)2;1-6-4-2-3-5-6;/h4-6H,3H2,1-2H3;2-5H,1H3;/q2*-1;+2. The molecule has 2 aromatic rings. The van der Waals surface area contributed by atoms with Gasteiger partial charge >= 0.3 is 17.1 Å². The SMILES string of the molecule is CCC(=O)c1ccc[c-]1C.C[c-]1cccc1.[Fe+2]. The molecule has 92 valence electrons. The Kier molecular flexibility index (Phi) is 7.52. The van der Waals surface area contributed by atoms with Crippen LogP contribution in [-0.2, 0) is 17.1 Å². The molecule has 17 heavy (non-hydrogen) atoms. The molecule has 1 nitrogen and oxygen atoms in total. The van der Waals surface area contributed by atoms with Crippen molar-refractivity contribution in [1.82, 2.24) is 0 Å². The number of ketones is 1. The zero-order valence-electron chi connectivity index (χ0n) is 10.5. The zero-order valence-corrected chi connectivity index (χ0v) is 11.6. The molecule has 0 atom stereocenters. The summed E-state index contributed by atoms with van der Waals surface area (Å²) in [5.41, 5.74) is 3.31. The fourth-order valence-electron chi connectivity index (χ4n) is 1.48. The average molecular weight is 270 g/mol. The van der Waals surface area contributed by atoms with Gasteiger partial charge in [0.2, 0.25) is 0 Å². The number of hydrogen-bond donors (Lipinski definition) is 0. The minimum Gasteiger partial charge on any atom is -0.352 e. The predicted octanol–water partition coefficient (Wildman–Crippen LogP) is 4.02. The van der Waals surface area contributed by atoms with E-state index in [1.807, 2.05) is 44.2 Å². The van der Waals surface area contributed by atoms with E-state index in [1.54, 1.807) is 0 Å². The van der Waals surface area contributed by atoms with Crippen molar-refractivity contribution >= 4 is 5.78 Å². The summed E-state index contributed by atoms with van der Waals surface area (Å²) in [7, 11) is 0. The number of carbonyl (C=O) groups is 1. The van der Waals surface area contributed by atoms with E-state index in [9.17, 15) is 4.79 Å². The second-order valence-corrected chi connectivity index (χ2v) is 3.86. The van der Waals surface area contributed by atoms with Crippen LogP contribution in [0, 0.1) is 13.8 Å². The maximum Gasteiger partial charge on any atom is 2.00 e. The largest absolute Gasteiger partial charge is 2.00 e. The van der Waals surface area contributed by atoms with E-state index in [0.29, 0.717) is 6.42 Å². The maximum absolute atomic E-state index is 11.1. The molecule has 0 unspecified atom stereocenters. The molecule has 0 spiro atoms. The number of carbonyl (C=O) groups excluding carboxylic acids is 1. The molecule has 0 amide bonds. The molecule has 2 heteroatoms. The van der Waals surface area contributed by atoms with Crippen LogP contribution >= 0.6 is 0 Å². The van der Waals surface area contributed by atoms with Crippen LogP contribution in [-0.4, -0.2) is 5.78 Å². The van der Waals surface area contributed by atoms with Crippen molar-refractivity contribution in [2.24, 2.45) is 0 Å². The second kappa shape index (κ2) is 8.05. The van der Waals surface area contributed by atoms with Crippen LogP contribution in [0.4, 0.5) is 0 Å². The summed E-state index contributed by atoms with van der Waals surface area (Å²) in [4.78, 5) is 11.1. The number of hydrogen-bond acceptors (Lipinski definition) is 1. The Morgan fingerprint density at radius 2 is 1.71 bits per heavy atom. The van der Waals surface area contributed by atoms with Gasteiger partial charge in [-0.15, -0.1) is 11.1 Å². The van der Waals surface area contributed by atoms with Gasteiger partial charge in [-0.3, -0.25) is 0 Å². The summed E-state index contributed by atoms with van der Waals surface area (Å²) in [6.45, 7) is 5.93. The molecule has 2 rings (SSSR count). The van der Waals surface area contributed by atoms with E-state index in [1.165, 1.54) is 5.56 Å². The van der Waals surface area contributed by atoms with Crippen LogP contribution in [0.5, 0.6) is 0 Å². The molecule has 0 aliphatic rings. The minimum absolute atomic E-state index is 0. The van der Waals surface area contributed by atoms with Crippen LogP contribution in [0.15, 0.2) is 42.5 Å². The Balaban J connectivity index is 0.000000316. The molecule has 0 bridgehead atoms. The molecular weight excluding hydrogens is 252 g/mol. The maximum atomic E-state index is 11.1. The Morgan fingerprint density at radius 3 is 2.00 bits per heavy atom. The van der Waals surface area contributed by atoms with Gasteiger partial charge in [0.05, 0.1) is 5.78 Å². The van der Waals surface area contributed by atoms with Gasteiger partial charge in [0.15, 0.2) is 0 Å². The monoisotopic (exact) mass is 270 g/mol. The van der Waals surface area contributed by atoms with E-state index < -0.39 is 0 Å². The van der Waals surface area contributed by atoms with Gasteiger partial charge in [-0.1, -0.05) is 20.8 Å². The van der Waals surface area contributed by atoms with Crippen LogP contribution in [0.1, 0.15) is 34.8 Å². The van der Waals surface area contributed by atoms with Gasteiger partial charge in [0, 0.05) is 0 Å². The molecule has 0 saturated heterocycles. The predicted molar refractivity (Wildman–Crippen MR) is 68.2 cm³/mol. The van der Waals surface area contributed by atoms with Crippen molar-refractivity contribution in [1.29, 1.82) is 0 Å². The van der Waals surface area contributed by atoms with Gasteiger partial charge < -0.3 is 4.79 Å². The molecule has 0 heterocycles. The van der Waals surface area contributed by atoms with Crippen molar-refractivity contribution in [2.45, 2.75) is 27.2 Å². The first-order chi connectivity index (χ1) is 7.65. The summed E-state index contributed by atoms with van der Waals surface area (Å²) in [5, 5.41) is 0. The molecule has 0 N–H and O–H groups in total. The normalized spacial score (nSPS) is 8.88. The van der Waals surface area contributed by atoms with E-state index >= 15 is 0 Å². The van der Waals surface area contributed by atoms with Gasteiger partial charge in [0.1, 0.15) is 0 Å². The number of aryl methyl sites for hydroxylation is 2. The summed E-state index contributed by atoms with van der Waals surface area (Å²) in [6, 6.07) is 14.0. The molecule has 0 radical (unpaired) electrons. The van der Waals surface area contributed by atoms with Crippen molar-refractivity contribution in [3.05, 3.63) is 59.2 Å². The molecule has 0 aliphatic carbocycles. The third-order valence-corrected chi connectivity index (χ3v) is 2.48. The summed E-state index contributed by atoms with van der Waals surface area (Å²) in [5.74, 6) is 0.238. The minimum atomic E-state index is 0. The van der Waals surface area contributed by atoms with Crippen LogP contribution < -0.4 is 0 Å².